The first-order valence-corrected chi connectivity index (χ1v) is 28.9. The summed E-state index contributed by atoms with van der Waals surface area (Å²) in [6.45, 7) is 4.46. The van der Waals surface area contributed by atoms with Gasteiger partial charge in [0.25, 0.3) is 7.82 Å². The zero-order valence-corrected chi connectivity index (χ0v) is 45.6. The van der Waals surface area contributed by atoms with E-state index < -0.39 is 26.6 Å². The number of likely N-dealkylation sites (N-methyl/N-ethyl adjacent to an activating group) is 1. The molecule has 0 aliphatic carbocycles. The third-order valence-electron chi connectivity index (χ3n) is 11.4. The molecule has 0 saturated carbocycles. The van der Waals surface area contributed by atoms with Crippen LogP contribution in [0.4, 0.5) is 0 Å². The normalized spacial score (nSPS) is 14.9. The minimum Gasteiger partial charge on any atom is -0.756 e. The summed E-state index contributed by atoms with van der Waals surface area (Å²) in [7, 11) is 1.19. The molecule has 0 aromatic heterocycles. The minimum atomic E-state index is -4.63. The Kier molecular flexibility index (Phi) is 47.6. The van der Waals surface area contributed by atoms with Gasteiger partial charge in [0, 0.05) is 6.42 Å². The molecule has 8 nitrogen and oxygen atoms in total. The van der Waals surface area contributed by atoms with Crippen LogP contribution in [0.2, 0.25) is 0 Å². The number of unbranched alkanes of at least 4 members (excludes halogenated alkanes) is 17. The van der Waals surface area contributed by atoms with Crippen molar-refractivity contribution in [3.8, 4) is 0 Å². The number of carbonyl (C=O) groups is 1. The quantitative estimate of drug-likeness (QED) is 0.0272. The van der Waals surface area contributed by atoms with Crippen molar-refractivity contribution in [3.63, 3.8) is 0 Å². The number of carbonyl (C=O) groups excluding carboxylic acids is 1. The van der Waals surface area contributed by atoms with Crippen LogP contribution in [-0.4, -0.2) is 68.5 Å². The molecule has 0 aromatic carbocycles. The van der Waals surface area contributed by atoms with Gasteiger partial charge in [-0.25, -0.2) is 0 Å². The number of nitrogens with zero attached hydrogens (tertiary/aromatic N) is 1. The highest BCUT2D eigenvalue weighted by atomic mass is 31.2. The van der Waals surface area contributed by atoms with Gasteiger partial charge in [-0.2, -0.15) is 0 Å². The SMILES string of the molecule is CC/C=C\C/C=C\C/C=C\C/C=C\C/C=C\C/C=C\C/C=C\CCCCCC(=O)NC(COP(=O)([O-])OCC[N+](C)(C)C)C(O)/C=C/CC/C=C/CC/C=C/CCCCCCCCCCCCCC. The summed E-state index contributed by atoms with van der Waals surface area (Å²) in [6, 6.07) is -0.938. The summed E-state index contributed by atoms with van der Waals surface area (Å²) >= 11 is 0. The van der Waals surface area contributed by atoms with Crippen LogP contribution in [0.1, 0.15) is 200 Å². The maximum absolute atomic E-state index is 12.9. The van der Waals surface area contributed by atoms with Crippen molar-refractivity contribution in [1.82, 2.24) is 5.32 Å². The van der Waals surface area contributed by atoms with Gasteiger partial charge >= 0.3 is 0 Å². The fourth-order valence-corrected chi connectivity index (χ4v) is 7.83. The molecule has 0 bridgehead atoms. The Hall–Kier alpha value is -3.10. The first-order valence-electron chi connectivity index (χ1n) is 27.4. The predicted octanol–water partition coefficient (Wildman–Crippen LogP) is 16.0. The molecule has 3 unspecified atom stereocenters. The molecule has 0 spiro atoms. The highest BCUT2D eigenvalue weighted by molar-refractivity contribution is 7.45. The van der Waals surface area contributed by atoms with E-state index in [0.717, 1.165) is 83.5 Å². The molecule has 0 heterocycles. The number of rotatable bonds is 48. The summed E-state index contributed by atoms with van der Waals surface area (Å²) < 4.78 is 23.3. The molecule has 0 aliphatic rings. The fraction of sp³-hybridized carbons (Fsp3) is 0.650. The third-order valence-corrected chi connectivity index (χ3v) is 12.3. The lowest BCUT2D eigenvalue weighted by Crippen LogP contribution is -2.45. The van der Waals surface area contributed by atoms with Crippen molar-refractivity contribution in [2.24, 2.45) is 0 Å². The monoisotopic (exact) mass is 979 g/mol. The average molecular weight is 979 g/mol. The van der Waals surface area contributed by atoms with Crippen LogP contribution in [0.25, 0.3) is 0 Å². The fourth-order valence-electron chi connectivity index (χ4n) is 7.10. The number of aliphatic hydroxyl groups excluding tert-OH is 1. The maximum Gasteiger partial charge on any atom is 0.268 e. The van der Waals surface area contributed by atoms with Crippen LogP contribution in [0.5, 0.6) is 0 Å². The van der Waals surface area contributed by atoms with E-state index in [2.05, 4.69) is 129 Å². The second-order valence-corrected chi connectivity index (χ2v) is 20.6. The summed E-state index contributed by atoms with van der Waals surface area (Å²) in [6.07, 6.45) is 74.1. The molecule has 1 amide bonds. The molecule has 0 rings (SSSR count). The van der Waals surface area contributed by atoms with Crippen molar-refractivity contribution in [3.05, 3.63) is 122 Å². The van der Waals surface area contributed by atoms with Crippen molar-refractivity contribution in [1.29, 1.82) is 0 Å². The molecule has 0 radical (unpaired) electrons. The molecule has 69 heavy (non-hydrogen) atoms. The van der Waals surface area contributed by atoms with E-state index in [1.165, 1.54) is 83.5 Å². The zero-order chi connectivity index (χ0) is 50.6. The van der Waals surface area contributed by atoms with Crippen molar-refractivity contribution in [2.75, 3.05) is 40.9 Å². The van der Waals surface area contributed by atoms with Crippen molar-refractivity contribution < 1.29 is 32.9 Å². The molecule has 2 N–H and O–H groups in total. The van der Waals surface area contributed by atoms with Crippen molar-refractivity contribution >= 4 is 13.7 Å². The van der Waals surface area contributed by atoms with Gasteiger partial charge in [-0.05, 0) is 103 Å². The van der Waals surface area contributed by atoms with Crippen LogP contribution < -0.4 is 10.2 Å². The minimum absolute atomic E-state index is 0.0231. The van der Waals surface area contributed by atoms with E-state index in [4.69, 9.17) is 9.05 Å². The first-order chi connectivity index (χ1) is 33.5. The number of hydrogen-bond acceptors (Lipinski definition) is 6. The second kappa shape index (κ2) is 49.9. The lowest BCUT2D eigenvalue weighted by molar-refractivity contribution is -0.870. The first kappa shape index (κ1) is 65.9. The Morgan fingerprint density at radius 1 is 0.522 bits per heavy atom. The Balaban J connectivity index is 4.46. The summed E-state index contributed by atoms with van der Waals surface area (Å²) in [5, 5.41) is 13.8. The van der Waals surface area contributed by atoms with Gasteiger partial charge in [0.2, 0.25) is 5.91 Å². The van der Waals surface area contributed by atoms with Crippen LogP contribution in [0.15, 0.2) is 122 Å². The van der Waals surface area contributed by atoms with E-state index in [-0.39, 0.29) is 18.9 Å². The van der Waals surface area contributed by atoms with Crippen LogP contribution in [0, 0.1) is 0 Å². The topological polar surface area (TPSA) is 108 Å². The molecule has 0 aromatic rings. The Bertz CT molecular complexity index is 1530. The van der Waals surface area contributed by atoms with Gasteiger partial charge in [-0.15, -0.1) is 0 Å². The average Bonchev–Trinajstić information content (AvgIpc) is 3.31. The molecular formula is C60H103N2O6P. The predicted molar refractivity (Wildman–Crippen MR) is 297 cm³/mol. The highest BCUT2D eigenvalue weighted by Gasteiger charge is 2.23. The molecule has 0 aliphatic heterocycles. The van der Waals surface area contributed by atoms with E-state index in [0.29, 0.717) is 23.9 Å². The standard InChI is InChI=1S/C60H103N2O6P/c1-6-8-10-12-14-16-18-20-22-24-26-28-30-31-32-34-36-38-40-42-44-46-48-50-52-54-60(64)61-58(57-68-69(65,66)67-56-55-62(3,4)5)59(63)53-51-49-47-45-43-41-39-37-35-33-29-27-25-23-21-19-17-15-13-11-9-7-2/h8,10,14,16,20,22,26,28,31-32,35-38,42-45,51,53,58-59,63H,6-7,9,11-13,15,17-19,21,23-25,27,29-30,33-34,39-41,46-50,52,54-57H2,1-5H3,(H-,61,64,65,66)/b10-8-,16-14-,22-20-,28-26-,32-31-,37-35+,38-36-,44-42-,45-43+,53-51+. The number of hydrogen-bond donors (Lipinski definition) is 2. The number of nitrogens with one attached hydrogen (secondary N) is 1. The Morgan fingerprint density at radius 2 is 0.899 bits per heavy atom. The number of aliphatic hydroxyl groups is 1. The van der Waals surface area contributed by atoms with E-state index >= 15 is 0 Å². The van der Waals surface area contributed by atoms with Crippen LogP contribution in [0.3, 0.4) is 0 Å². The number of quaternary nitrogens is 1. The van der Waals surface area contributed by atoms with Crippen molar-refractivity contribution in [2.45, 2.75) is 212 Å². The van der Waals surface area contributed by atoms with Gasteiger partial charge in [0.1, 0.15) is 13.2 Å². The van der Waals surface area contributed by atoms with Gasteiger partial charge in [0.15, 0.2) is 0 Å². The van der Waals surface area contributed by atoms with E-state index in [1.807, 2.05) is 27.2 Å². The Labute approximate surface area is 424 Å². The molecule has 394 valence electrons. The molecular weight excluding hydrogens is 876 g/mol. The summed E-state index contributed by atoms with van der Waals surface area (Å²) in [5.41, 5.74) is 0. The van der Waals surface area contributed by atoms with E-state index in [9.17, 15) is 19.4 Å². The lowest BCUT2D eigenvalue weighted by atomic mass is 10.0. The van der Waals surface area contributed by atoms with Gasteiger partial charge in [-0.3, -0.25) is 9.36 Å². The van der Waals surface area contributed by atoms with Gasteiger partial charge in [-0.1, -0.05) is 212 Å². The van der Waals surface area contributed by atoms with Crippen LogP contribution in [-0.2, 0) is 18.4 Å². The van der Waals surface area contributed by atoms with Crippen LogP contribution >= 0.6 is 7.82 Å². The largest absolute Gasteiger partial charge is 0.756 e. The molecule has 0 fully saturated rings. The summed E-state index contributed by atoms with van der Waals surface area (Å²) in [4.78, 5) is 25.5. The highest BCUT2D eigenvalue weighted by Crippen LogP contribution is 2.38. The molecule has 0 saturated heterocycles. The number of phosphoric acid groups is 1. The maximum atomic E-state index is 12.9. The zero-order valence-electron chi connectivity index (χ0n) is 44.7. The number of allylic oxidation sites excluding steroid dienone is 19. The second-order valence-electron chi connectivity index (χ2n) is 19.2. The molecule has 9 heteroatoms. The smallest absolute Gasteiger partial charge is 0.268 e. The third kappa shape index (κ3) is 52.6. The Morgan fingerprint density at radius 3 is 1.35 bits per heavy atom. The molecule has 3 atom stereocenters. The van der Waals surface area contributed by atoms with Gasteiger partial charge < -0.3 is 28.8 Å². The number of amides is 1. The lowest BCUT2D eigenvalue weighted by Gasteiger charge is -2.29. The van der Waals surface area contributed by atoms with E-state index in [1.54, 1.807) is 6.08 Å². The summed E-state index contributed by atoms with van der Waals surface area (Å²) in [5.74, 6) is -0.248. The number of phosphoric ester groups is 1. The van der Waals surface area contributed by atoms with Gasteiger partial charge in [0.05, 0.1) is 39.9 Å².